The number of rotatable bonds is 7. The highest BCUT2D eigenvalue weighted by Crippen LogP contribution is 2.16. The van der Waals surface area contributed by atoms with E-state index in [9.17, 15) is 0 Å². The first-order valence-electron chi connectivity index (χ1n) is 6.97. The Bertz CT molecular complexity index is 457. The van der Waals surface area contributed by atoms with Gasteiger partial charge in [-0.1, -0.05) is 26.1 Å². The Morgan fingerprint density at radius 1 is 1.30 bits per heavy atom. The average Bonchev–Trinajstić information content (AvgIpc) is 2.32. The normalized spacial score (nSPS) is 11.2. The van der Waals surface area contributed by atoms with Gasteiger partial charge in [0, 0.05) is 30.9 Å². The molecule has 0 aromatic carbocycles. The Kier molecular flexibility index (Phi) is 6.36. The van der Waals surface area contributed by atoms with Gasteiger partial charge in [-0.25, -0.2) is 4.98 Å². The Balaban J connectivity index is 3.02. The lowest BCUT2D eigenvalue weighted by Gasteiger charge is -2.27. The van der Waals surface area contributed by atoms with E-state index in [1.807, 2.05) is 19.1 Å². The summed E-state index contributed by atoms with van der Waals surface area (Å²) < 4.78 is 0. The molecule has 0 fully saturated rings. The van der Waals surface area contributed by atoms with Crippen molar-refractivity contribution in [1.82, 2.24) is 9.88 Å². The molecule has 1 aromatic rings. The van der Waals surface area contributed by atoms with Gasteiger partial charge in [0.25, 0.3) is 0 Å². The molecule has 1 rings (SSSR count). The zero-order valence-electron chi connectivity index (χ0n) is 13.2. The van der Waals surface area contributed by atoms with E-state index in [1.54, 1.807) is 0 Å². The summed E-state index contributed by atoms with van der Waals surface area (Å²) in [5, 5.41) is 0. The average molecular weight is 294 g/mol. The fraction of sp³-hybridized carbons (Fsp3) is 0.600. The zero-order chi connectivity index (χ0) is 15.3. The first-order chi connectivity index (χ1) is 9.29. The van der Waals surface area contributed by atoms with Crippen molar-refractivity contribution in [2.24, 2.45) is 11.7 Å². The van der Waals surface area contributed by atoms with Crippen LogP contribution in [0.4, 0.5) is 5.82 Å². The second-order valence-electron chi connectivity index (χ2n) is 5.86. The number of anilines is 1. The van der Waals surface area contributed by atoms with Crippen molar-refractivity contribution < 1.29 is 0 Å². The third kappa shape index (κ3) is 5.43. The summed E-state index contributed by atoms with van der Waals surface area (Å²) in [6.07, 6.45) is 0. The zero-order valence-corrected chi connectivity index (χ0v) is 14.0. The number of thiocarbonyl (C=S) groups is 1. The van der Waals surface area contributed by atoms with Crippen molar-refractivity contribution >= 4 is 23.0 Å². The molecule has 0 aliphatic heterocycles. The van der Waals surface area contributed by atoms with E-state index in [0.29, 0.717) is 10.9 Å². The molecule has 0 amide bonds. The van der Waals surface area contributed by atoms with E-state index >= 15 is 0 Å². The van der Waals surface area contributed by atoms with Crippen LogP contribution in [0.2, 0.25) is 0 Å². The number of pyridine rings is 1. The van der Waals surface area contributed by atoms with Crippen molar-refractivity contribution in [3.63, 3.8) is 0 Å². The fourth-order valence-corrected chi connectivity index (χ4v) is 2.13. The van der Waals surface area contributed by atoms with Crippen molar-refractivity contribution in [1.29, 1.82) is 0 Å². The highest BCUT2D eigenvalue weighted by atomic mass is 32.1. The number of aryl methyl sites for hydroxylation is 1. The molecule has 0 atom stereocenters. The van der Waals surface area contributed by atoms with Crippen molar-refractivity contribution in [2.75, 3.05) is 38.6 Å². The molecule has 0 bridgehead atoms. The number of hydrogen-bond donors (Lipinski definition) is 1. The van der Waals surface area contributed by atoms with Gasteiger partial charge in [-0.15, -0.1) is 0 Å². The van der Waals surface area contributed by atoms with E-state index < -0.39 is 0 Å². The first kappa shape index (κ1) is 16.9. The SMILES string of the molecule is Cc1cc(C(N)=S)cc(N(CCN(C)C)CC(C)C)n1. The van der Waals surface area contributed by atoms with Gasteiger partial charge in [0.15, 0.2) is 0 Å². The lowest BCUT2D eigenvalue weighted by Crippen LogP contribution is -2.35. The quantitative estimate of drug-likeness (QED) is 0.780. The summed E-state index contributed by atoms with van der Waals surface area (Å²) in [5.74, 6) is 1.54. The van der Waals surface area contributed by atoms with Crippen LogP contribution in [0.15, 0.2) is 12.1 Å². The highest BCUT2D eigenvalue weighted by Gasteiger charge is 2.12. The number of likely N-dealkylation sites (N-methyl/N-ethyl adjacent to an activating group) is 1. The second-order valence-corrected chi connectivity index (χ2v) is 6.30. The summed E-state index contributed by atoms with van der Waals surface area (Å²) in [6.45, 7) is 9.31. The minimum atomic E-state index is 0.425. The molecule has 1 heterocycles. The predicted octanol–water partition coefficient (Wildman–Crippen LogP) is 2.05. The maximum absolute atomic E-state index is 5.75. The molecule has 112 valence electrons. The third-order valence-electron chi connectivity index (χ3n) is 2.95. The van der Waals surface area contributed by atoms with Crippen LogP contribution in [0.5, 0.6) is 0 Å². The Morgan fingerprint density at radius 2 is 1.95 bits per heavy atom. The van der Waals surface area contributed by atoms with Crippen LogP contribution < -0.4 is 10.6 Å². The Labute approximate surface area is 128 Å². The molecule has 0 unspecified atom stereocenters. The van der Waals surface area contributed by atoms with Gasteiger partial charge in [-0.05, 0) is 39.1 Å². The largest absolute Gasteiger partial charge is 0.389 e. The van der Waals surface area contributed by atoms with Gasteiger partial charge in [-0.2, -0.15) is 0 Å². The highest BCUT2D eigenvalue weighted by molar-refractivity contribution is 7.80. The van der Waals surface area contributed by atoms with Crippen LogP contribution in [0, 0.1) is 12.8 Å². The molecule has 2 N–H and O–H groups in total. The minimum absolute atomic E-state index is 0.425. The molecule has 20 heavy (non-hydrogen) atoms. The third-order valence-corrected chi connectivity index (χ3v) is 3.19. The molecule has 4 nitrogen and oxygen atoms in total. The van der Waals surface area contributed by atoms with Crippen LogP contribution in [0.25, 0.3) is 0 Å². The minimum Gasteiger partial charge on any atom is -0.389 e. The van der Waals surface area contributed by atoms with Crippen molar-refractivity contribution in [2.45, 2.75) is 20.8 Å². The van der Waals surface area contributed by atoms with E-state index in [-0.39, 0.29) is 0 Å². The van der Waals surface area contributed by atoms with Crippen LogP contribution in [0.3, 0.4) is 0 Å². The molecule has 0 saturated carbocycles. The smallest absolute Gasteiger partial charge is 0.129 e. The van der Waals surface area contributed by atoms with Crippen LogP contribution >= 0.6 is 12.2 Å². The van der Waals surface area contributed by atoms with Gasteiger partial charge in [0.2, 0.25) is 0 Å². The molecule has 0 aliphatic carbocycles. The Morgan fingerprint density at radius 3 is 2.45 bits per heavy atom. The van der Waals surface area contributed by atoms with Crippen molar-refractivity contribution in [3.05, 3.63) is 23.4 Å². The number of nitrogens with zero attached hydrogens (tertiary/aromatic N) is 3. The predicted molar refractivity (Wildman–Crippen MR) is 90.5 cm³/mol. The number of aromatic nitrogens is 1. The van der Waals surface area contributed by atoms with Crippen LogP contribution in [-0.4, -0.2) is 48.6 Å². The molecule has 0 aliphatic rings. The molecule has 0 radical (unpaired) electrons. The summed E-state index contributed by atoms with van der Waals surface area (Å²) >= 11 is 5.09. The van der Waals surface area contributed by atoms with Gasteiger partial charge in [0.1, 0.15) is 10.8 Å². The molecule has 5 heteroatoms. The summed E-state index contributed by atoms with van der Waals surface area (Å²) in [7, 11) is 4.16. The van der Waals surface area contributed by atoms with Gasteiger partial charge in [-0.3, -0.25) is 0 Å². The molecular weight excluding hydrogens is 268 g/mol. The van der Waals surface area contributed by atoms with E-state index in [1.165, 1.54) is 0 Å². The monoisotopic (exact) mass is 294 g/mol. The van der Waals surface area contributed by atoms with Gasteiger partial charge < -0.3 is 15.5 Å². The standard InChI is InChI=1S/C15H26N4S/c1-11(2)10-19(7-6-18(4)5)14-9-13(15(16)20)8-12(3)17-14/h8-9,11H,6-7,10H2,1-5H3,(H2,16,20). The first-order valence-corrected chi connectivity index (χ1v) is 7.38. The Hall–Kier alpha value is -1.20. The summed E-state index contributed by atoms with van der Waals surface area (Å²) in [5.41, 5.74) is 7.59. The summed E-state index contributed by atoms with van der Waals surface area (Å²) in [6, 6.07) is 3.93. The molecule has 1 aromatic heterocycles. The molecule has 0 saturated heterocycles. The fourth-order valence-electron chi connectivity index (χ4n) is 2.02. The number of nitrogens with two attached hydrogens (primary N) is 1. The van der Waals surface area contributed by atoms with E-state index in [0.717, 1.165) is 36.7 Å². The van der Waals surface area contributed by atoms with Gasteiger partial charge in [0.05, 0.1) is 0 Å². The maximum Gasteiger partial charge on any atom is 0.129 e. The van der Waals surface area contributed by atoms with Crippen molar-refractivity contribution in [3.8, 4) is 0 Å². The number of hydrogen-bond acceptors (Lipinski definition) is 4. The van der Waals surface area contributed by atoms with Crippen LogP contribution in [-0.2, 0) is 0 Å². The maximum atomic E-state index is 5.75. The van der Waals surface area contributed by atoms with E-state index in [2.05, 4.69) is 42.7 Å². The molecular formula is C15H26N4S. The van der Waals surface area contributed by atoms with Gasteiger partial charge >= 0.3 is 0 Å². The summed E-state index contributed by atoms with van der Waals surface area (Å²) in [4.78, 5) is 9.55. The molecule has 0 spiro atoms. The lowest BCUT2D eigenvalue weighted by molar-refractivity contribution is 0.408. The lowest BCUT2D eigenvalue weighted by atomic mass is 10.2. The topological polar surface area (TPSA) is 45.4 Å². The van der Waals surface area contributed by atoms with Crippen LogP contribution in [0.1, 0.15) is 25.1 Å². The van der Waals surface area contributed by atoms with E-state index in [4.69, 9.17) is 18.0 Å². The second kappa shape index (κ2) is 7.55.